The van der Waals surface area contributed by atoms with Crippen LogP contribution in [0.2, 0.25) is 0 Å². The Balaban J connectivity index is 0.000000295. The molecule has 2 aliphatic heterocycles. The lowest BCUT2D eigenvalue weighted by Crippen LogP contribution is -2.34. The Kier molecular flexibility index (Phi) is 7.08. The van der Waals surface area contributed by atoms with Crippen LogP contribution in [0.4, 0.5) is 13.2 Å². The number of alkyl halides is 3. The third-order valence-corrected chi connectivity index (χ3v) is 3.67. The normalized spacial score (nSPS) is 26.0. The van der Waals surface area contributed by atoms with Crippen molar-refractivity contribution in [3.8, 4) is 0 Å². The van der Waals surface area contributed by atoms with Crippen LogP contribution in [-0.4, -0.2) is 55.6 Å². The second-order valence-corrected chi connectivity index (χ2v) is 5.15. The molecule has 9 heteroatoms. The van der Waals surface area contributed by atoms with Gasteiger partial charge in [-0.1, -0.05) is 0 Å². The second kappa shape index (κ2) is 8.33. The molecule has 0 aromatic rings. The highest BCUT2D eigenvalue weighted by Crippen LogP contribution is 2.30. The lowest BCUT2D eigenvalue weighted by atomic mass is 9.91. The fourth-order valence-electron chi connectivity index (χ4n) is 2.53. The number of carbonyl (C=O) groups excluding carboxylic acids is 1. The molecule has 0 aliphatic carbocycles. The summed E-state index contributed by atoms with van der Waals surface area (Å²) in [5.74, 6) is -2.35. The fraction of sp³-hybridized carbons (Fsp3) is 0.846. The van der Waals surface area contributed by atoms with Crippen LogP contribution in [0, 0.1) is 5.92 Å². The summed E-state index contributed by atoms with van der Waals surface area (Å²) in [5.41, 5.74) is 0. The van der Waals surface area contributed by atoms with Gasteiger partial charge in [-0.25, -0.2) is 9.59 Å². The first-order valence-corrected chi connectivity index (χ1v) is 6.99. The van der Waals surface area contributed by atoms with Crippen molar-refractivity contribution in [1.82, 2.24) is 5.32 Å². The molecule has 2 heterocycles. The van der Waals surface area contributed by atoms with Gasteiger partial charge in [-0.05, 0) is 44.7 Å². The van der Waals surface area contributed by atoms with Crippen LogP contribution >= 0.6 is 0 Å². The number of esters is 1. The first-order chi connectivity index (χ1) is 10.3. The third kappa shape index (κ3) is 5.80. The molecule has 0 aromatic heterocycles. The van der Waals surface area contributed by atoms with E-state index in [1.54, 1.807) is 0 Å². The minimum Gasteiger partial charge on any atom is -0.475 e. The molecule has 0 saturated carbocycles. The number of halogens is 3. The zero-order chi connectivity index (χ0) is 16.8. The molecule has 128 valence electrons. The minimum atomic E-state index is -5.08. The summed E-state index contributed by atoms with van der Waals surface area (Å²) < 4.78 is 42.2. The quantitative estimate of drug-likeness (QED) is 0.745. The van der Waals surface area contributed by atoms with E-state index in [0.717, 1.165) is 25.9 Å². The number of ether oxygens (including phenoxy) is 2. The van der Waals surface area contributed by atoms with Gasteiger partial charge in [-0.3, -0.25) is 0 Å². The molecule has 6 nitrogen and oxygen atoms in total. The Bertz CT molecular complexity index is 382. The second-order valence-electron chi connectivity index (χ2n) is 5.15. The molecule has 2 aliphatic rings. The number of hydrogen-bond donors (Lipinski definition) is 2. The van der Waals surface area contributed by atoms with E-state index >= 15 is 0 Å². The Hall–Kier alpha value is -1.35. The van der Waals surface area contributed by atoms with Gasteiger partial charge in [0.2, 0.25) is 0 Å². The van der Waals surface area contributed by atoms with Gasteiger partial charge in [0.1, 0.15) is 0 Å². The van der Waals surface area contributed by atoms with E-state index in [-0.39, 0.29) is 18.2 Å². The van der Waals surface area contributed by atoms with Gasteiger partial charge in [-0.2, -0.15) is 13.2 Å². The molecule has 2 atom stereocenters. The number of carboxylic acid groups (broad SMARTS) is 1. The van der Waals surface area contributed by atoms with Crippen molar-refractivity contribution in [1.29, 1.82) is 0 Å². The third-order valence-electron chi connectivity index (χ3n) is 3.67. The Labute approximate surface area is 126 Å². The van der Waals surface area contributed by atoms with Gasteiger partial charge in [0, 0.05) is 0 Å². The van der Waals surface area contributed by atoms with Crippen molar-refractivity contribution < 1.29 is 37.3 Å². The molecule has 0 unspecified atom stereocenters. The molecule has 0 radical (unpaired) electrons. The standard InChI is InChI=1S/C11H19NO3.C2HF3O2/c1-14-11(13)10-3-2-9(15-10)8-4-6-12-7-5-8;3-2(4,5)1(6)7/h8-10,12H,2-7H2,1H3;(H,6,7)/t9-,10+;/m1./s1. The summed E-state index contributed by atoms with van der Waals surface area (Å²) in [5, 5.41) is 10.5. The first kappa shape index (κ1) is 18.7. The zero-order valence-electron chi connectivity index (χ0n) is 12.2. The highest BCUT2D eigenvalue weighted by Gasteiger charge is 2.38. The van der Waals surface area contributed by atoms with Crippen LogP contribution in [0.1, 0.15) is 25.7 Å². The van der Waals surface area contributed by atoms with Gasteiger partial charge in [0.05, 0.1) is 13.2 Å². The molecule has 22 heavy (non-hydrogen) atoms. The number of piperidine rings is 1. The monoisotopic (exact) mass is 327 g/mol. The number of methoxy groups -OCH3 is 1. The van der Waals surface area contributed by atoms with Crippen molar-refractivity contribution >= 4 is 11.9 Å². The molecule has 0 amide bonds. The van der Waals surface area contributed by atoms with Crippen molar-refractivity contribution in [3.63, 3.8) is 0 Å². The number of rotatable bonds is 2. The average Bonchev–Trinajstić information content (AvgIpc) is 2.97. The van der Waals surface area contributed by atoms with Crippen LogP contribution in [0.5, 0.6) is 0 Å². The van der Waals surface area contributed by atoms with Crippen molar-refractivity contribution in [2.45, 2.75) is 44.1 Å². The molecule has 2 saturated heterocycles. The van der Waals surface area contributed by atoms with Gasteiger partial charge in [0.25, 0.3) is 0 Å². The number of hydrogen-bond acceptors (Lipinski definition) is 5. The molecular formula is C13H20F3NO5. The summed E-state index contributed by atoms with van der Waals surface area (Å²) >= 11 is 0. The number of aliphatic carboxylic acids is 1. The van der Waals surface area contributed by atoms with Gasteiger partial charge >= 0.3 is 18.1 Å². The lowest BCUT2D eigenvalue weighted by Gasteiger charge is -2.27. The van der Waals surface area contributed by atoms with Crippen LogP contribution < -0.4 is 5.32 Å². The van der Waals surface area contributed by atoms with Crippen molar-refractivity contribution in [2.24, 2.45) is 5.92 Å². The van der Waals surface area contributed by atoms with Crippen molar-refractivity contribution in [3.05, 3.63) is 0 Å². The SMILES string of the molecule is COC(=O)[C@@H]1CC[C@H](C2CCNCC2)O1.O=C(O)C(F)(F)F. The van der Waals surface area contributed by atoms with Gasteiger partial charge in [-0.15, -0.1) is 0 Å². The first-order valence-electron chi connectivity index (χ1n) is 6.99. The van der Waals surface area contributed by atoms with E-state index in [2.05, 4.69) is 5.32 Å². The Morgan fingerprint density at radius 2 is 1.73 bits per heavy atom. The van der Waals surface area contributed by atoms with Crippen LogP contribution in [0.15, 0.2) is 0 Å². The molecule has 0 bridgehead atoms. The average molecular weight is 327 g/mol. The molecule has 2 rings (SSSR count). The van der Waals surface area contributed by atoms with E-state index in [1.165, 1.54) is 20.0 Å². The number of carbonyl (C=O) groups is 2. The maximum absolute atomic E-state index is 11.3. The summed E-state index contributed by atoms with van der Waals surface area (Å²) in [6, 6.07) is 0. The predicted octanol–water partition coefficient (Wildman–Crippen LogP) is 1.34. The zero-order valence-corrected chi connectivity index (χ0v) is 12.2. The smallest absolute Gasteiger partial charge is 0.475 e. The van der Waals surface area contributed by atoms with E-state index in [9.17, 15) is 18.0 Å². The summed E-state index contributed by atoms with van der Waals surface area (Å²) in [6.45, 7) is 2.15. The highest BCUT2D eigenvalue weighted by molar-refractivity contribution is 5.74. The fourth-order valence-corrected chi connectivity index (χ4v) is 2.53. The van der Waals surface area contributed by atoms with E-state index in [1.807, 2.05) is 0 Å². The molecule has 2 N–H and O–H groups in total. The van der Waals surface area contributed by atoms with E-state index in [0.29, 0.717) is 5.92 Å². The van der Waals surface area contributed by atoms with Crippen LogP contribution in [0.25, 0.3) is 0 Å². The molecule has 0 spiro atoms. The summed E-state index contributed by atoms with van der Waals surface area (Å²) in [7, 11) is 1.42. The van der Waals surface area contributed by atoms with Gasteiger partial charge < -0.3 is 19.9 Å². The highest BCUT2D eigenvalue weighted by atomic mass is 19.4. The van der Waals surface area contributed by atoms with Crippen LogP contribution in [0.3, 0.4) is 0 Å². The molecule has 2 fully saturated rings. The van der Waals surface area contributed by atoms with E-state index in [4.69, 9.17) is 19.4 Å². The number of carboxylic acids is 1. The number of nitrogens with one attached hydrogen (secondary N) is 1. The summed E-state index contributed by atoms with van der Waals surface area (Å²) in [4.78, 5) is 20.2. The van der Waals surface area contributed by atoms with Gasteiger partial charge in [0.15, 0.2) is 6.10 Å². The summed E-state index contributed by atoms with van der Waals surface area (Å²) in [6.07, 6.45) is -0.964. The topological polar surface area (TPSA) is 84.9 Å². The molecule has 0 aromatic carbocycles. The largest absolute Gasteiger partial charge is 0.490 e. The van der Waals surface area contributed by atoms with Crippen LogP contribution in [-0.2, 0) is 19.1 Å². The lowest BCUT2D eigenvalue weighted by molar-refractivity contribution is -0.192. The molecular weight excluding hydrogens is 307 g/mol. The van der Waals surface area contributed by atoms with E-state index < -0.39 is 12.1 Å². The maximum Gasteiger partial charge on any atom is 0.490 e. The minimum absolute atomic E-state index is 0.216. The predicted molar refractivity (Wildman–Crippen MR) is 69.2 cm³/mol. The Morgan fingerprint density at radius 3 is 2.18 bits per heavy atom. The Morgan fingerprint density at radius 1 is 1.18 bits per heavy atom. The van der Waals surface area contributed by atoms with Crippen molar-refractivity contribution in [2.75, 3.05) is 20.2 Å². The maximum atomic E-state index is 11.3.